The predicted molar refractivity (Wildman–Crippen MR) is 65.1 cm³/mol. The second-order valence-corrected chi connectivity index (χ2v) is 5.28. The summed E-state index contributed by atoms with van der Waals surface area (Å²) in [6.07, 6.45) is 0.602. The molecule has 0 fully saturated rings. The van der Waals surface area contributed by atoms with Gasteiger partial charge in [-0.15, -0.1) is 0 Å². The van der Waals surface area contributed by atoms with Crippen LogP contribution in [-0.2, 0) is 16.0 Å². The molecule has 0 aromatic heterocycles. The van der Waals surface area contributed by atoms with Gasteiger partial charge in [0.1, 0.15) is 17.4 Å². The SMILES string of the molecule is CC(C)(C)OC(=O)[C@H]1Cc2ccc(O)cc2N1. The predicted octanol–water partition coefficient (Wildman–Crippen LogP) is 2.07. The van der Waals surface area contributed by atoms with Gasteiger partial charge in [0.05, 0.1) is 0 Å². The maximum absolute atomic E-state index is 11.9. The topological polar surface area (TPSA) is 58.6 Å². The Morgan fingerprint density at radius 2 is 2.18 bits per heavy atom. The third kappa shape index (κ3) is 2.70. The first-order chi connectivity index (χ1) is 7.85. The number of hydrogen-bond acceptors (Lipinski definition) is 4. The van der Waals surface area contributed by atoms with Gasteiger partial charge in [0.25, 0.3) is 0 Å². The average molecular weight is 235 g/mol. The number of ether oxygens (including phenoxy) is 1. The van der Waals surface area contributed by atoms with E-state index in [1.807, 2.05) is 26.8 Å². The van der Waals surface area contributed by atoms with Crippen molar-refractivity contribution in [1.29, 1.82) is 0 Å². The molecule has 0 saturated heterocycles. The Labute approximate surface area is 101 Å². The van der Waals surface area contributed by atoms with Gasteiger partial charge in [-0.2, -0.15) is 0 Å². The summed E-state index contributed by atoms with van der Waals surface area (Å²) in [5, 5.41) is 12.4. The fraction of sp³-hybridized carbons (Fsp3) is 0.462. The minimum atomic E-state index is -0.477. The summed E-state index contributed by atoms with van der Waals surface area (Å²) in [5.41, 5.74) is 1.36. The first-order valence-corrected chi connectivity index (χ1v) is 5.66. The number of phenols is 1. The van der Waals surface area contributed by atoms with Gasteiger partial charge < -0.3 is 15.2 Å². The number of esters is 1. The van der Waals surface area contributed by atoms with Gasteiger partial charge in [-0.05, 0) is 32.4 Å². The highest BCUT2D eigenvalue weighted by atomic mass is 16.6. The minimum absolute atomic E-state index is 0.195. The van der Waals surface area contributed by atoms with Crippen LogP contribution in [0.5, 0.6) is 5.75 Å². The zero-order valence-corrected chi connectivity index (χ0v) is 10.3. The molecular formula is C13H17NO3. The Morgan fingerprint density at radius 1 is 1.47 bits per heavy atom. The molecule has 1 heterocycles. The second kappa shape index (κ2) is 3.95. The third-order valence-corrected chi connectivity index (χ3v) is 2.54. The number of hydrogen-bond donors (Lipinski definition) is 2. The minimum Gasteiger partial charge on any atom is -0.508 e. The van der Waals surface area contributed by atoms with Crippen LogP contribution in [0.4, 0.5) is 5.69 Å². The molecule has 1 aliphatic rings. The molecule has 0 bridgehead atoms. The van der Waals surface area contributed by atoms with Gasteiger partial charge in [0.15, 0.2) is 0 Å². The molecule has 17 heavy (non-hydrogen) atoms. The highest BCUT2D eigenvalue weighted by molar-refractivity contribution is 5.83. The van der Waals surface area contributed by atoms with Crippen LogP contribution in [0.3, 0.4) is 0 Å². The lowest BCUT2D eigenvalue weighted by Crippen LogP contribution is -2.35. The van der Waals surface area contributed by atoms with E-state index in [2.05, 4.69) is 5.32 Å². The molecule has 92 valence electrons. The number of anilines is 1. The number of nitrogens with one attached hydrogen (secondary N) is 1. The van der Waals surface area contributed by atoms with E-state index in [0.717, 1.165) is 11.3 Å². The summed E-state index contributed by atoms with van der Waals surface area (Å²) in [5.74, 6) is -0.0609. The van der Waals surface area contributed by atoms with Crippen LogP contribution in [0, 0.1) is 0 Å². The van der Waals surface area contributed by atoms with Gasteiger partial charge in [-0.1, -0.05) is 6.07 Å². The van der Waals surface area contributed by atoms with Crippen LogP contribution in [0.25, 0.3) is 0 Å². The quantitative estimate of drug-likeness (QED) is 0.732. The zero-order valence-electron chi connectivity index (χ0n) is 10.3. The molecule has 4 heteroatoms. The van der Waals surface area contributed by atoms with Crippen molar-refractivity contribution >= 4 is 11.7 Å². The Bertz CT molecular complexity index is 448. The van der Waals surface area contributed by atoms with Gasteiger partial charge in [0.2, 0.25) is 0 Å². The third-order valence-electron chi connectivity index (χ3n) is 2.54. The van der Waals surface area contributed by atoms with Crippen molar-refractivity contribution in [2.45, 2.75) is 38.8 Å². The summed E-state index contributed by atoms with van der Waals surface area (Å²) in [6.45, 7) is 5.54. The van der Waals surface area contributed by atoms with E-state index in [0.29, 0.717) is 6.42 Å². The lowest BCUT2D eigenvalue weighted by atomic mass is 10.1. The number of aromatic hydroxyl groups is 1. The highest BCUT2D eigenvalue weighted by Gasteiger charge is 2.30. The zero-order chi connectivity index (χ0) is 12.6. The molecule has 1 aliphatic heterocycles. The molecule has 4 nitrogen and oxygen atoms in total. The molecular weight excluding hydrogens is 218 g/mol. The number of carbonyl (C=O) groups excluding carboxylic acids is 1. The van der Waals surface area contributed by atoms with Gasteiger partial charge in [-0.3, -0.25) is 0 Å². The van der Waals surface area contributed by atoms with Crippen LogP contribution in [-0.4, -0.2) is 22.7 Å². The number of carbonyl (C=O) groups is 1. The average Bonchev–Trinajstić information content (AvgIpc) is 2.57. The number of rotatable bonds is 1. The Hall–Kier alpha value is -1.71. The van der Waals surface area contributed by atoms with Crippen molar-refractivity contribution in [3.8, 4) is 5.75 Å². The van der Waals surface area contributed by atoms with E-state index in [-0.39, 0.29) is 17.8 Å². The fourth-order valence-electron chi connectivity index (χ4n) is 1.85. The van der Waals surface area contributed by atoms with E-state index < -0.39 is 5.60 Å². The molecule has 0 spiro atoms. The van der Waals surface area contributed by atoms with Gasteiger partial charge >= 0.3 is 5.97 Å². The van der Waals surface area contributed by atoms with E-state index in [1.165, 1.54) is 0 Å². The summed E-state index contributed by atoms with van der Waals surface area (Å²) in [6, 6.07) is 4.71. The Kier molecular flexibility index (Phi) is 2.73. The van der Waals surface area contributed by atoms with Crippen molar-refractivity contribution in [3.63, 3.8) is 0 Å². The molecule has 1 aromatic rings. The fourth-order valence-corrected chi connectivity index (χ4v) is 1.85. The Morgan fingerprint density at radius 3 is 2.82 bits per heavy atom. The number of phenolic OH excluding ortho intramolecular Hbond substituents is 1. The molecule has 2 N–H and O–H groups in total. The smallest absolute Gasteiger partial charge is 0.329 e. The molecule has 0 unspecified atom stereocenters. The molecule has 1 atom stereocenters. The normalized spacial score (nSPS) is 18.4. The van der Waals surface area contributed by atoms with Crippen molar-refractivity contribution in [3.05, 3.63) is 23.8 Å². The van der Waals surface area contributed by atoms with E-state index >= 15 is 0 Å². The van der Waals surface area contributed by atoms with Crippen LogP contribution in [0.1, 0.15) is 26.3 Å². The van der Waals surface area contributed by atoms with Crippen molar-refractivity contribution in [2.75, 3.05) is 5.32 Å². The monoisotopic (exact) mass is 235 g/mol. The summed E-state index contributed by atoms with van der Waals surface area (Å²) in [4.78, 5) is 11.9. The molecule has 0 saturated carbocycles. The molecule has 0 aliphatic carbocycles. The lowest BCUT2D eigenvalue weighted by Gasteiger charge is -2.22. The molecule has 0 amide bonds. The molecule has 1 aromatic carbocycles. The van der Waals surface area contributed by atoms with E-state index in [1.54, 1.807) is 12.1 Å². The van der Waals surface area contributed by atoms with Crippen LogP contribution >= 0.6 is 0 Å². The summed E-state index contributed by atoms with van der Waals surface area (Å²) in [7, 11) is 0. The summed E-state index contributed by atoms with van der Waals surface area (Å²) < 4.78 is 5.32. The Balaban J connectivity index is 2.07. The maximum Gasteiger partial charge on any atom is 0.329 e. The van der Waals surface area contributed by atoms with Crippen molar-refractivity contribution in [1.82, 2.24) is 0 Å². The maximum atomic E-state index is 11.9. The first-order valence-electron chi connectivity index (χ1n) is 5.66. The highest BCUT2D eigenvalue weighted by Crippen LogP contribution is 2.30. The first kappa shape index (κ1) is 11.8. The van der Waals surface area contributed by atoms with E-state index in [4.69, 9.17) is 4.74 Å². The summed E-state index contributed by atoms with van der Waals surface area (Å²) >= 11 is 0. The second-order valence-electron chi connectivity index (χ2n) is 5.28. The van der Waals surface area contributed by atoms with Crippen LogP contribution in [0.2, 0.25) is 0 Å². The van der Waals surface area contributed by atoms with Crippen molar-refractivity contribution in [2.24, 2.45) is 0 Å². The standard InChI is InChI=1S/C13H17NO3/c1-13(2,3)17-12(16)11-6-8-4-5-9(15)7-10(8)14-11/h4-5,7,11,14-15H,6H2,1-3H3/t11-/m1/s1. The van der Waals surface area contributed by atoms with Crippen molar-refractivity contribution < 1.29 is 14.6 Å². The van der Waals surface area contributed by atoms with E-state index in [9.17, 15) is 9.90 Å². The number of benzene rings is 1. The lowest BCUT2D eigenvalue weighted by molar-refractivity contribution is -0.155. The molecule has 0 radical (unpaired) electrons. The van der Waals surface area contributed by atoms with Crippen LogP contribution < -0.4 is 5.32 Å². The van der Waals surface area contributed by atoms with Gasteiger partial charge in [0, 0.05) is 18.2 Å². The largest absolute Gasteiger partial charge is 0.508 e. The van der Waals surface area contributed by atoms with Gasteiger partial charge in [-0.25, -0.2) is 4.79 Å². The van der Waals surface area contributed by atoms with Crippen LogP contribution in [0.15, 0.2) is 18.2 Å². The number of fused-ring (bicyclic) bond motifs is 1. The molecule has 2 rings (SSSR count).